The van der Waals surface area contributed by atoms with Crippen LogP contribution >= 0.6 is 0 Å². The average Bonchev–Trinajstić information content (AvgIpc) is 3.22. The molecule has 35 heavy (non-hydrogen) atoms. The minimum absolute atomic E-state index is 0.0270. The molecule has 1 heterocycles. The minimum Gasteiger partial charge on any atom is -0.545 e. The number of carbonyl (C=O) groups excluding carboxylic acids is 2. The normalized spacial score (nSPS) is 11.8. The molecule has 0 saturated heterocycles. The zero-order chi connectivity index (χ0) is 25.5. The van der Waals surface area contributed by atoms with E-state index in [4.69, 9.17) is 4.42 Å². The summed E-state index contributed by atoms with van der Waals surface area (Å²) in [5, 5.41) is 25.2. The van der Waals surface area contributed by atoms with E-state index in [1.807, 2.05) is 0 Å². The van der Waals surface area contributed by atoms with Crippen molar-refractivity contribution in [1.82, 2.24) is 9.80 Å². The second-order valence-corrected chi connectivity index (χ2v) is 8.90. The summed E-state index contributed by atoms with van der Waals surface area (Å²) in [5.41, 5.74) is 2.81. The molecule has 0 N–H and O–H groups in total. The molecule has 7 heteroatoms. The number of rotatable bonds is 14. The van der Waals surface area contributed by atoms with Crippen LogP contribution < -0.4 is 10.2 Å². The Kier molecular flexibility index (Phi) is 9.29. The Morgan fingerprint density at radius 1 is 0.771 bits per heavy atom. The lowest BCUT2D eigenvalue weighted by Crippen LogP contribution is -2.27. The molecule has 0 atom stereocenters. The van der Waals surface area contributed by atoms with Gasteiger partial charge in [-0.1, -0.05) is 33.8 Å². The Bertz CT molecular complexity index is 1180. The highest BCUT2D eigenvalue weighted by Gasteiger charge is 2.20. The van der Waals surface area contributed by atoms with Crippen LogP contribution in [-0.4, -0.2) is 61.0 Å². The molecular formula is C28H36N2O5-2. The predicted molar refractivity (Wildman–Crippen MR) is 135 cm³/mol. The van der Waals surface area contributed by atoms with Gasteiger partial charge in [0.15, 0.2) is 0 Å². The van der Waals surface area contributed by atoms with E-state index in [2.05, 4.69) is 37.5 Å². The number of aryl methyl sites for hydroxylation is 1. The van der Waals surface area contributed by atoms with Crippen LogP contribution in [0.4, 0.5) is 0 Å². The topological polar surface area (TPSA) is 99.9 Å². The zero-order valence-corrected chi connectivity index (χ0v) is 21.3. The maximum atomic E-state index is 12.2. The first-order valence-corrected chi connectivity index (χ1v) is 12.7. The second-order valence-electron chi connectivity index (χ2n) is 8.90. The molecule has 3 aromatic rings. The average molecular weight is 481 g/mol. The van der Waals surface area contributed by atoms with Gasteiger partial charge in [-0.05, 0) is 94.3 Å². The van der Waals surface area contributed by atoms with Crippen molar-refractivity contribution in [2.75, 3.05) is 39.3 Å². The first-order valence-electron chi connectivity index (χ1n) is 12.7. The van der Waals surface area contributed by atoms with E-state index < -0.39 is 11.9 Å². The number of carbonyl (C=O) groups is 2. The van der Waals surface area contributed by atoms with Gasteiger partial charge in [0.1, 0.15) is 11.2 Å². The van der Waals surface area contributed by atoms with Crippen molar-refractivity contribution >= 4 is 33.9 Å². The smallest absolute Gasteiger partial charge is 0.136 e. The van der Waals surface area contributed by atoms with Crippen molar-refractivity contribution in [3.63, 3.8) is 0 Å². The van der Waals surface area contributed by atoms with Gasteiger partial charge in [-0.25, -0.2) is 0 Å². The van der Waals surface area contributed by atoms with Crippen LogP contribution in [-0.2, 0) is 12.8 Å². The number of hydrogen-bond donors (Lipinski definition) is 0. The second kappa shape index (κ2) is 12.2. The molecule has 0 unspecified atom stereocenters. The van der Waals surface area contributed by atoms with Crippen molar-refractivity contribution in [3.8, 4) is 0 Å². The Labute approximate surface area is 207 Å². The molecule has 1 aromatic heterocycles. The summed E-state index contributed by atoms with van der Waals surface area (Å²) in [5.74, 6) is -2.50. The lowest BCUT2D eigenvalue weighted by molar-refractivity contribution is -0.256. The molecule has 7 nitrogen and oxygen atoms in total. The van der Waals surface area contributed by atoms with Crippen molar-refractivity contribution in [3.05, 3.63) is 46.5 Å². The molecule has 0 aliphatic carbocycles. The van der Waals surface area contributed by atoms with E-state index in [0.29, 0.717) is 24.0 Å². The van der Waals surface area contributed by atoms with E-state index in [9.17, 15) is 19.8 Å². The molecule has 0 fully saturated rings. The third-order valence-corrected chi connectivity index (χ3v) is 7.03. The van der Waals surface area contributed by atoms with Crippen LogP contribution in [0, 0.1) is 0 Å². The summed E-state index contributed by atoms with van der Waals surface area (Å²) >= 11 is 0. The molecule has 0 aliphatic rings. The number of fused-ring (bicyclic) bond motifs is 3. The molecule has 0 spiro atoms. The fourth-order valence-corrected chi connectivity index (χ4v) is 4.97. The molecule has 2 aromatic carbocycles. The van der Waals surface area contributed by atoms with Gasteiger partial charge in [-0.15, -0.1) is 0 Å². The molecule has 0 saturated carbocycles. The standard InChI is InChI=1S/C28H38N2O5/c1-5-29(6-2)15-9-11-20-21(12-10-16-30(7-3)8-4)26-22-14-13-19(27(31)32)17-24(22)35-25(26)18-23(20)28(33)34/h13-14,17-18H,5-12,15-16H2,1-4H3,(H,31,32)(H,33,34)/p-2. The SMILES string of the molecule is CCN(CC)CCCc1c(C(=O)[O-])cc2oc3cc(C(=O)[O-])ccc3c2c1CCCN(CC)CC. The summed E-state index contributed by atoms with van der Waals surface area (Å²) in [6.45, 7) is 14.1. The largest absolute Gasteiger partial charge is 0.545 e. The summed E-state index contributed by atoms with van der Waals surface area (Å²) in [6, 6.07) is 6.24. The maximum absolute atomic E-state index is 12.2. The van der Waals surface area contributed by atoms with Gasteiger partial charge in [0.25, 0.3) is 0 Å². The summed E-state index contributed by atoms with van der Waals surface area (Å²) in [7, 11) is 0. The van der Waals surface area contributed by atoms with Crippen molar-refractivity contribution in [2.45, 2.75) is 53.4 Å². The molecule has 190 valence electrons. The van der Waals surface area contributed by atoms with Crippen LogP contribution in [0.1, 0.15) is 72.4 Å². The van der Waals surface area contributed by atoms with Crippen molar-refractivity contribution in [1.29, 1.82) is 0 Å². The third kappa shape index (κ3) is 6.03. The van der Waals surface area contributed by atoms with Crippen molar-refractivity contribution < 1.29 is 24.2 Å². The summed E-state index contributed by atoms with van der Waals surface area (Å²) in [4.78, 5) is 28.2. The zero-order valence-electron chi connectivity index (χ0n) is 21.3. The lowest BCUT2D eigenvalue weighted by Gasteiger charge is -2.22. The molecule has 0 aliphatic heterocycles. The highest BCUT2D eigenvalue weighted by molar-refractivity contribution is 6.10. The van der Waals surface area contributed by atoms with Gasteiger partial charge in [-0.3, -0.25) is 0 Å². The first-order chi connectivity index (χ1) is 16.8. The highest BCUT2D eigenvalue weighted by Crippen LogP contribution is 2.36. The minimum atomic E-state index is -1.28. The van der Waals surface area contributed by atoms with Crippen molar-refractivity contribution in [2.24, 2.45) is 0 Å². The number of carboxylic acids is 2. The Balaban J connectivity index is 2.13. The highest BCUT2D eigenvalue weighted by atomic mass is 16.4. The summed E-state index contributed by atoms with van der Waals surface area (Å²) < 4.78 is 5.98. The van der Waals surface area contributed by atoms with Gasteiger partial charge < -0.3 is 34.0 Å². The summed E-state index contributed by atoms with van der Waals surface area (Å²) in [6.07, 6.45) is 3.03. The lowest BCUT2D eigenvalue weighted by atomic mass is 9.90. The molecule has 0 bridgehead atoms. The third-order valence-electron chi connectivity index (χ3n) is 7.03. The number of aromatic carboxylic acids is 2. The molecule has 0 amide bonds. The molecular weight excluding hydrogens is 444 g/mol. The number of hydrogen-bond acceptors (Lipinski definition) is 7. The van der Waals surface area contributed by atoms with E-state index >= 15 is 0 Å². The quantitative estimate of drug-likeness (QED) is 0.350. The Morgan fingerprint density at radius 3 is 1.86 bits per heavy atom. The van der Waals surface area contributed by atoms with Gasteiger partial charge in [0, 0.05) is 21.9 Å². The number of furan rings is 1. The molecule has 3 rings (SSSR count). The van der Waals surface area contributed by atoms with Crippen LogP contribution in [0.25, 0.3) is 21.9 Å². The van der Waals surface area contributed by atoms with Gasteiger partial charge in [-0.2, -0.15) is 0 Å². The fraction of sp³-hybridized carbons (Fsp3) is 0.500. The van der Waals surface area contributed by atoms with E-state index in [1.54, 1.807) is 12.1 Å². The van der Waals surface area contributed by atoms with Gasteiger partial charge in [0.2, 0.25) is 0 Å². The van der Waals surface area contributed by atoms with E-state index in [1.165, 1.54) is 12.1 Å². The first kappa shape index (κ1) is 26.7. The van der Waals surface area contributed by atoms with Crippen LogP contribution in [0.3, 0.4) is 0 Å². The fourth-order valence-electron chi connectivity index (χ4n) is 4.97. The number of carboxylic acid groups (broad SMARTS) is 2. The van der Waals surface area contributed by atoms with Crippen LogP contribution in [0.5, 0.6) is 0 Å². The van der Waals surface area contributed by atoms with Gasteiger partial charge in [0.05, 0.1) is 11.9 Å². The predicted octanol–water partition coefficient (Wildman–Crippen LogP) is 2.86. The Hall–Kier alpha value is -2.90. The van der Waals surface area contributed by atoms with Crippen LogP contribution in [0.2, 0.25) is 0 Å². The Morgan fingerprint density at radius 2 is 1.34 bits per heavy atom. The van der Waals surface area contributed by atoms with Gasteiger partial charge >= 0.3 is 0 Å². The molecule has 0 radical (unpaired) electrons. The monoisotopic (exact) mass is 480 g/mol. The number of benzene rings is 2. The van der Waals surface area contributed by atoms with E-state index in [-0.39, 0.29) is 11.1 Å². The van der Waals surface area contributed by atoms with E-state index in [0.717, 1.165) is 74.0 Å². The number of nitrogens with zero attached hydrogens (tertiary/aromatic N) is 2. The van der Waals surface area contributed by atoms with Crippen LogP contribution in [0.15, 0.2) is 28.7 Å². The maximum Gasteiger partial charge on any atom is 0.136 e.